The third kappa shape index (κ3) is 2.04. The first-order valence-corrected chi connectivity index (χ1v) is 6.66. The highest BCUT2D eigenvalue weighted by molar-refractivity contribution is 5.58. The van der Waals surface area contributed by atoms with E-state index in [0.29, 0.717) is 16.9 Å². The fourth-order valence-electron chi connectivity index (χ4n) is 2.80. The van der Waals surface area contributed by atoms with E-state index in [-0.39, 0.29) is 0 Å². The summed E-state index contributed by atoms with van der Waals surface area (Å²) in [6.45, 7) is 10.7. The molecule has 1 unspecified atom stereocenters. The zero-order valence-electron chi connectivity index (χ0n) is 11.8. The minimum Gasteiger partial charge on any atom is -0.444 e. The average Bonchev–Trinajstić information content (AvgIpc) is 2.47. The van der Waals surface area contributed by atoms with E-state index in [4.69, 9.17) is 11.3 Å². The molecular formula is C17H17N2O+. The highest BCUT2D eigenvalue weighted by Gasteiger charge is 2.32. The zero-order chi connectivity index (χ0) is 14.2. The third-order valence-electron chi connectivity index (χ3n) is 3.86. The van der Waals surface area contributed by atoms with Crippen molar-refractivity contribution in [1.29, 1.82) is 0 Å². The third-order valence-corrected chi connectivity index (χ3v) is 3.86. The Morgan fingerprint density at radius 2 is 1.95 bits per heavy atom. The topological polar surface area (TPSA) is 13.6 Å². The Labute approximate surface area is 119 Å². The Hall–Kier alpha value is -2.31. The molecule has 0 fully saturated rings. The second-order valence-electron chi connectivity index (χ2n) is 5.53. The highest BCUT2D eigenvalue weighted by atomic mass is 16.5. The maximum absolute atomic E-state index is 7.20. The number of rotatable bonds is 1. The van der Waals surface area contributed by atoms with Crippen LogP contribution in [0.1, 0.15) is 11.1 Å². The normalized spacial score (nSPS) is 20.6. The van der Waals surface area contributed by atoms with Gasteiger partial charge in [0.25, 0.3) is 0 Å². The number of fused-ring (bicyclic) bond motifs is 1. The molecule has 0 bridgehead atoms. The maximum atomic E-state index is 7.20. The predicted octanol–water partition coefficient (Wildman–Crippen LogP) is 4.03. The first-order chi connectivity index (χ1) is 9.62. The van der Waals surface area contributed by atoms with Crippen LogP contribution in [-0.2, 0) is 6.54 Å². The molecule has 100 valence electrons. The number of quaternary nitrogens is 1. The summed E-state index contributed by atoms with van der Waals surface area (Å²) in [5.41, 5.74) is 4.08. The summed E-state index contributed by atoms with van der Waals surface area (Å²) >= 11 is 0. The number of aryl methyl sites for hydroxylation is 1. The van der Waals surface area contributed by atoms with Crippen LogP contribution in [0, 0.1) is 13.5 Å². The van der Waals surface area contributed by atoms with Gasteiger partial charge in [-0.3, -0.25) is 4.48 Å². The van der Waals surface area contributed by atoms with Crippen molar-refractivity contribution in [2.45, 2.75) is 13.5 Å². The van der Waals surface area contributed by atoms with Crippen molar-refractivity contribution in [3.8, 4) is 5.75 Å². The lowest BCUT2D eigenvalue weighted by Gasteiger charge is -2.38. The smallest absolute Gasteiger partial charge is 0.228 e. The van der Waals surface area contributed by atoms with Crippen LogP contribution < -0.4 is 9.22 Å². The van der Waals surface area contributed by atoms with Gasteiger partial charge >= 0.3 is 0 Å². The van der Waals surface area contributed by atoms with E-state index in [1.165, 1.54) is 5.69 Å². The Bertz CT molecular complexity index is 688. The number of hydrogen-bond acceptors (Lipinski definition) is 1. The Morgan fingerprint density at radius 3 is 2.65 bits per heavy atom. The van der Waals surface area contributed by atoms with Gasteiger partial charge in [0.05, 0.1) is 13.6 Å². The van der Waals surface area contributed by atoms with Crippen molar-refractivity contribution in [2.75, 3.05) is 13.8 Å². The van der Waals surface area contributed by atoms with Crippen LogP contribution in [0.15, 0.2) is 42.5 Å². The van der Waals surface area contributed by atoms with Crippen molar-refractivity contribution < 1.29 is 4.74 Å². The molecule has 20 heavy (non-hydrogen) atoms. The molecule has 3 nitrogen and oxygen atoms in total. The summed E-state index contributed by atoms with van der Waals surface area (Å²) in [6, 6.07) is 14.2. The molecule has 0 saturated carbocycles. The molecule has 3 heteroatoms. The number of benzene rings is 2. The number of nitrogens with zero attached hydrogens (tertiary/aromatic N) is 2. The van der Waals surface area contributed by atoms with Gasteiger partial charge in [0.2, 0.25) is 6.73 Å². The highest BCUT2D eigenvalue weighted by Crippen LogP contribution is 2.37. The van der Waals surface area contributed by atoms with E-state index in [0.717, 1.165) is 23.4 Å². The lowest BCUT2D eigenvalue weighted by molar-refractivity contribution is 0.123. The molecule has 1 aliphatic heterocycles. The predicted molar refractivity (Wildman–Crippen MR) is 80.8 cm³/mol. The van der Waals surface area contributed by atoms with E-state index in [2.05, 4.69) is 36.2 Å². The largest absolute Gasteiger partial charge is 0.444 e. The van der Waals surface area contributed by atoms with E-state index >= 15 is 0 Å². The first-order valence-electron chi connectivity index (χ1n) is 6.66. The van der Waals surface area contributed by atoms with Gasteiger partial charge in [-0.25, -0.2) is 4.85 Å². The number of hydrogen-bond donors (Lipinski definition) is 0. The van der Waals surface area contributed by atoms with Crippen LogP contribution in [0.4, 0.5) is 11.4 Å². The monoisotopic (exact) mass is 265 g/mol. The van der Waals surface area contributed by atoms with Crippen molar-refractivity contribution >= 4 is 11.4 Å². The van der Waals surface area contributed by atoms with Gasteiger partial charge in [-0.05, 0) is 36.8 Å². The zero-order valence-corrected chi connectivity index (χ0v) is 11.8. The summed E-state index contributed by atoms with van der Waals surface area (Å²) in [6.07, 6.45) is 0. The van der Waals surface area contributed by atoms with Crippen LogP contribution in [0.2, 0.25) is 0 Å². The molecule has 0 spiro atoms. The van der Waals surface area contributed by atoms with Crippen molar-refractivity contribution in [3.05, 3.63) is 65.0 Å². The minimum atomic E-state index is 0.620. The standard InChI is InChI=1S/C17H17N2O/c1-13-9-15(18-2)10-14-11-19(3,12-20-17(13)14)16-7-5-4-6-8-16/h4-10H,11-12H2,1,3H3/q+1. The van der Waals surface area contributed by atoms with Gasteiger partial charge in [-0.2, -0.15) is 0 Å². The molecule has 3 rings (SSSR count). The molecule has 0 saturated heterocycles. The number of ether oxygens (including phenoxy) is 1. The van der Waals surface area contributed by atoms with Gasteiger partial charge in [-0.1, -0.05) is 18.2 Å². The van der Waals surface area contributed by atoms with Crippen LogP contribution in [-0.4, -0.2) is 13.8 Å². The summed E-state index contributed by atoms with van der Waals surface area (Å²) in [4.78, 5) is 3.55. The molecule has 1 aliphatic rings. The average molecular weight is 265 g/mol. The quantitative estimate of drug-likeness (QED) is 0.560. The molecule has 1 heterocycles. The summed E-state index contributed by atoms with van der Waals surface area (Å²) in [7, 11) is 2.16. The van der Waals surface area contributed by atoms with Crippen molar-refractivity contribution in [1.82, 2.24) is 4.48 Å². The van der Waals surface area contributed by atoms with Crippen molar-refractivity contribution in [3.63, 3.8) is 0 Å². The molecule has 2 aromatic carbocycles. The van der Waals surface area contributed by atoms with Crippen LogP contribution >= 0.6 is 0 Å². The fraction of sp³-hybridized carbons (Fsp3) is 0.235. The van der Waals surface area contributed by atoms with Gasteiger partial charge < -0.3 is 4.74 Å². The fourth-order valence-corrected chi connectivity index (χ4v) is 2.80. The lowest BCUT2D eigenvalue weighted by atomic mass is 10.1. The van der Waals surface area contributed by atoms with Crippen molar-refractivity contribution in [2.24, 2.45) is 0 Å². The first kappa shape index (κ1) is 12.7. The molecule has 2 aromatic rings. The summed E-state index contributed by atoms with van der Waals surface area (Å²) in [5.74, 6) is 0.948. The Balaban J connectivity index is 2.04. The van der Waals surface area contributed by atoms with E-state index in [9.17, 15) is 0 Å². The molecule has 0 aromatic heterocycles. The molecular weight excluding hydrogens is 248 g/mol. The lowest BCUT2D eigenvalue weighted by Crippen LogP contribution is -2.49. The van der Waals surface area contributed by atoms with E-state index in [1.54, 1.807) is 0 Å². The van der Waals surface area contributed by atoms with E-state index < -0.39 is 0 Å². The van der Waals surface area contributed by atoms with Gasteiger partial charge in [0, 0.05) is 5.56 Å². The molecule has 0 N–H and O–H groups in total. The molecule has 1 atom stereocenters. The van der Waals surface area contributed by atoms with Crippen LogP contribution in [0.3, 0.4) is 0 Å². The molecule has 0 radical (unpaired) electrons. The van der Waals surface area contributed by atoms with Crippen LogP contribution in [0.25, 0.3) is 4.85 Å². The molecule has 0 amide bonds. The van der Waals surface area contributed by atoms with Crippen LogP contribution in [0.5, 0.6) is 5.75 Å². The maximum Gasteiger partial charge on any atom is 0.228 e. The van der Waals surface area contributed by atoms with E-state index in [1.807, 2.05) is 25.1 Å². The summed E-state index contributed by atoms with van der Waals surface area (Å²) < 4.78 is 6.70. The van der Waals surface area contributed by atoms with Gasteiger partial charge in [0.1, 0.15) is 18.0 Å². The summed E-state index contributed by atoms with van der Waals surface area (Å²) in [5, 5.41) is 0. The Kier molecular flexibility index (Phi) is 2.96. The SMILES string of the molecule is [C-]#[N+]c1cc(C)c2c(c1)C[N+](C)(c1ccccc1)CO2. The Morgan fingerprint density at radius 1 is 1.20 bits per heavy atom. The second-order valence-corrected chi connectivity index (χ2v) is 5.53. The van der Waals surface area contributed by atoms with Gasteiger partial charge in [-0.15, -0.1) is 0 Å². The van der Waals surface area contributed by atoms with Gasteiger partial charge in [0.15, 0.2) is 5.69 Å². The molecule has 0 aliphatic carbocycles. The second kappa shape index (κ2) is 4.66. The number of para-hydroxylation sites is 1. The minimum absolute atomic E-state index is 0.620.